The van der Waals surface area contributed by atoms with Crippen LogP contribution in [0.3, 0.4) is 0 Å². The Morgan fingerprint density at radius 3 is 1.68 bits per heavy atom. The topological polar surface area (TPSA) is 136 Å². The highest BCUT2D eigenvalue weighted by Gasteiger charge is 2.28. The van der Waals surface area contributed by atoms with Crippen molar-refractivity contribution < 1.29 is 23.8 Å². The number of imidazole rings is 2. The van der Waals surface area contributed by atoms with Crippen LogP contribution in [-0.4, -0.2) is 52.8 Å². The second-order valence-electron chi connectivity index (χ2n) is 14.2. The van der Waals surface area contributed by atoms with E-state index in [9.17, 15) is 19.1 Å². The van der Waals surface area contributed by atoms with Crippen molar-refractivity contribution in [3.8, 4) is 28.3 Å². The van der Waals surface area contributed by atoms with E-state index in [2.05, 4.69) is 20.5 Å². The zero-order chi connectivity index (χ0) is 42.4. The van der Waals surface area contributed by atoms with Crippen LogP contribution in [0.1, 0.15) is 89.4 Å². The molecular weight excluding hydrogens is 918 g/mol. The SMILES string of the molecule is CC(C)c1c(C(=O)N[C@H]2CCOc3ccc(F)cc32)cnn2c(Cl)c(-c3cc(Cl)cc(Cl)c3)nc12.CC(C)c1c(C(=O)O)cnn2c(Cl)c(-c3cc(Cl)cc(Cl)c3)nc12.S. The van der Waals surface area contributed by atoms with E-state index >= 15 is 0 Å². The number of fused-ring (bicyclic) bond motifs is 3. The fourth-order valence-corrected chi connectivity index (χ4v) is 8.55. The van der Waals surface area contributed by atoms with Crippen molar-refractivity contribution in [1.82, 2.24) is 34.5 Å². The van der Waals surface area contributed by atoms with Gasteiger partial charge in [-0.15, -0.1) is 0 Å². The summed E-state index contributed by atoms with van der Waals surface area (Å²) in [7, 11) is 0. The Kier molecular flexibility index (Phi) is 13.8. The van der Waals surface area contributed by atoms with Gasteiger partial charge in [0.2, 0.25) is 0 Å². The number of nitrogens with zero attached hydrogens (tertiary/aromatic N) is 6. The number of benzene rings is 3. The number of amides is 1. The normalized spacial score (nSPS) is 13.4. The first kappa shape index (κ1) is 45.2. The van der Waals surface area contributed by atoms with Gasteiger partial charge in [-0.1, -0.05) is 97.3 Å². The van der Waals surface area contributed by atoms with Crippen LogP contribution >= 0.6 is 83.1 Å². The molecule has 19 heteroatoms. The zero-order valence-corrected chi connectivity index (χ0v) is 37.5. The van der Waals surface area contributed by atoms with E-state index in [0.717, 1.165) is 0 Å². The number of aromatic carboxylic acids is 1. The van der Waals surface area contributed by atoms with Crippen LogP contribution in [0.4, 0.5) is 4.39 Å². The summed E-state index contributed by atoms with van der Waals surface area (Å²) in [6.07, 6.45) is 3.28. The third-order valence-corrected chi connectivity index (χ3v) is 11.0. The number of carboxylic acids is 1. The zero-order valence-electron chi connectivity index (χ0n) is 32.0. The Bertz CT molecular complexity index is 2780. The fourth-order valence-electron chi connectivity index (χ4n) is 6.95. The molecule has 0 saturated heterocycles. The molecule has 0 radical (unpaired) electrons. The van der Waals surface area contributed by atoms with E-state index in [1.165, 1.54) is 33.6 Å². The summed E-state index contributed by atoms with van der Waals surface area (Å²) in [4.78, 5) is 34.2. The smallest absolute Gasteiger partial charge is 0.337 e. The van der Waals surface area contributed by atoms with Crippen molar-refractivity contribution in [1.29, 1.82) is 0 Å². The van der Waals surface area contributed by atoms with Gasteiger partial charge in [0.05, 0.1) is 36.2 Å². The third-order valence-electron chi connectivity index (χ3n) is 9.48. The van der Waals surface area contributed by atoms with Crippen LogP contribution in [0, 0.1) is 5.82 Å². The number of carbonyl (C=O) groups excluding carboxylic acids is 1. The molecule has 0 aliphatic carbocycles. The van der Waals surface area contributed by atoms with Crippen molar-refractivity contribution in [2.45, 2.75) is 52.0 Å². The average Bonchev–Trinajstić information content (AvgIpc) is 3.69. The molecule has 312 valence electrons. The lowest BCUT2D eigenvalue weighted by Crippen LogP contribution is -2.33. The first-order valence-corrected chi connectivity index (χ1v) is 20.3. The van der Waals surface area contributed by atoms with Gasteiger partial charge in [0.1, 0.15) is 23.0 Å². The van der Waals surface area contributed by atoms with E-state index in [0.29, 0.717) is 94.9 Å². The number of halogens is 7. The molecule has 8 rings (SSSR count). The quantitative estimate of drug-likeness (QED) is 0.161. The largest absolute Gasteiger partial charge is 0.493 e. The summed E-state index contributed by atoms with van der Waals surface area (Å²) in [5.74, 6) is -1.37. The molecule has 11 nitrogen and oxygen atoms in total. The summed E-state index contributed by atoms with van der Waals surface area (Å²) in [6, 6.07) is 13.9. The molecule has 0 spiro atoms. The number of hydrogen-bond acceptors (Lipinski definition) is 7. The van der Waals surface area contributed by atoms with E-state index in [1.54, 1.807) is 42.5 Å². The van der Waals surface area contributed by atoms with Crippen LogP contribution in [0.5, 0.6) is 5.75 Å². The fraction of sp³-hybridized carbons (Fsp3) is 0.220. The van der Waals surface area contributed by atoms with Crippen LogP contribution in [0.25, 0.3) is 33.8 Å². The Morgan fingerprint density at radius 1 is 0.750 bits per heavy atom. The highest BCUT2D eigenvalue weighted by molar-refractivity contribution is 7.59. The minimum Gasteiger partial charge on any atom is -0.493 e. The molecular formula is C41H34Cl6FN7O4S. The Labute approximate surface area is 380 Å². The highest BCUT2D eigenvalue weighted by Crippen LogP contribution is 2.38. The van der Waals surface area contributed by atoms with Crippen LogP contribution in [0.2, 0.25) is 30.4 Å². The van der Waals surface area contributed by atoms with Gasteiger partial charge in [-0.2, -0.15) is 23.7 Å². The maximum absolute atomic E-state index is 13.9. The van der Waals surface area contributed by atoms with Gasteiger partial charge in [-0.25, -0.2) is 28.2 Å². The van der Waals surface area contributed by atoms with Gasteiger partial charge in [-0.3, -0.25) is 4.79 Å². The van der Waals surface area contributed by atoms with Crippen LogP contribution in [0.15, 0.2) is 67.0 Å². The minimum atomic E-state index is -1.06. The average molecular weight is 953 g/mol. The molecule has 1 atom stereocenters. The first-order chi connectivity index (χ1) is 28.0. The Hall–Kier alpha value is -4.34. The first-order valence-electron chi connectivity index (χ1n) is 18.1. The maximum Gasteiger partial charge on any atom is 0.337 e. The molecule has 0 saturated carbocycles. The van der Waals surface area contributed by atoms with Gasteiger partial charge in [0.25, 0.3) is 5.91 Å². The Balaban J connectivity index is 0.000000212. The summed E-state index contributed by atoms with van der Waals surface area (Å²) in [5, 5.41) is 23.3. The lowest BCUT2D eigenvalue weighted by atomic mass is 9.97. The van der Waals surface area contributed by atoms with Gasteiger partial charge in [0, 0.05) is 54.3 Å². The number of carboxylic acid groups (broad SMARTS) is 1. The maximum atomic E-state index is 13.9. The molecule has 0 bridgehead atoms. The number of rotatable bonds is 7. The van der Waals surface area contributed by atoms with Crippen molar-refractivity contribution in [2.75, 3.05) is 6.61 Å². The summed E-state index contributed by atoms with van der Waals surface area (Å²) in [6.45, 7) is 8.12. The second-order valence-corrected chi connectivity index (χ2v) is 16.7. The number of nitrogens with one attached hydrogen (secondary N) is 1. The Morgan fingerprint density at radius 2 is 1.22 bits per heavy atom. The molecule has 4 aromatic heterocycles. The number of carbonyl (C=O) groups is 2. The van der Waals surface area contributed by atoms with Crippen LogP contribution < -0.4 is 10.1 Å². The second kappa shape index (κ2) is 18.3. The molecule has 0 unspecified atom stereocenters. The van der Waals surface area contributed by atoms with E-state index < -0.39 is 12.0 Å². The molecule has 1 aliphatic heterocycles. The predicted octanol–water partition coefficient (Wildman–Crippen LogP) is 12.2. The van der Waals surface area contributed by atoms with Gasteiger partial charge >= 0.3 is 5.97 Å². The van der Waals surface area contributed by atoms with Crippen molar-refractivity contribution in [3.63, 3.8) is 0 Å². The van der Waals surface area contributed by atoms with E-state index in [1.807, 2.05) is 27.7 Å². The van der Waals surface area contributed by atoms with E-state index in [-0.39, 0.29) is 52.9 Å². The molecule has 7 aromatic rings. The predicted molar refractivity (Wildman–Crippen MR) is 239 cm³/mol. The summed E-state index contributed by atoms with van der Waals surface area (Å²) >= 11 is 37.5. The molecule has 0 fully saturated rings. The van der Waals surface area contributed by atoms with Gasteiger partial charge in [0.15, 0.2) is 21.6 Å². The van der Waals surface area contributed by atoms with Crippen molar-refractivity contribution >= 4 is 106 Å². The van der Waals surface area contributed by atoms with Crippen molar-refractivity contribution in [2.24, 2.45) is 0 Å². The lowest BCUT2D eigenvalue weighted by Gasteiger charge is -2.27. The third kappa shape index (κ3) is 8.99. The molecule has 3 aromatic carbocycles. The monoisotopic (exact) mass is 949 g/mol. The van der Waals surface area contributed by atoms with Gasteiger partial charge < -0.3 is 15.2 Å². The highest BCUT2D eigenvalue weighted by atomic mass is 35.5. The van der Waals surface area contributed by atoms with E-state index in [4.69, 9.17) is 79.3 Å². The standard InChI is InChI=1S/C25H20Cl3FN4O2.C16H12Cl3N3O2.H2S/c1-12(2)21-18(25(34)31-19-5-6-35-20-4-3-16(29)10-17(19)20)11-30-33-23(28)22(32-24(21)33)13-7-14(26)9-15(27)8-13;1-7(2)12-11(16(23)24)6-20-22-14(19)13(21-15(12)22)8-3-9(17)5-10(18)4-8;/h3-4,7-12,19H,5-6H2,1-2H3,(H,31,34);3-7H,1-2H3,(H,23,24);1H2/t19-;;/m0../s1. The van der Waals surface area contributed by atoms with Crippen LogP contribution in [-0.2, 0) is 0 Å². The number of ether oxygens (including phenoxy) is 1. The molecule has 1 aliphatic rings. The lowest BCUT2D eigenvalue weighted by molar-refractivity contribution is 0.0694. The minimum absolute atomic E-state index is 0. The number of hydrogen-bond donors (Lipinski definition) is 2. The molecule has 1 amide bonds. The molecule has 2 N–H and O–H groups in total. The van der Waals surface area contributed by atoms with Gasteiger partial charge in [-0.05, 0) is 66.4 Å². The summed E-state index contributed by atoms with van der Waals surface area (Å²) in [5.41, 5.74) is 5.37. The molecule has 60 heavy (non-hydrogen) atoms. The summed E-state index contributed by atoms with van der Waals surface area (Å²) < 4.78 is 22.4. The number of aromatic nitrogens is 6. The van der Waals surface area contributed by atoms with Crippen molar-refractivity contribution in [3.05, 3.63) is 131 Å². The molecule has 5 heterocycles.